The molecule has 1 saturated carbocycles. The third-order valence-corrected chi connectivity index (χ3v) is 5.61. The lowest BCUT2D eigenvalue weighted by Gasteiger charge is -2.27. The highest BCUT2D eigenvalue weighted by molar-refractivity contribution is 7.10. The molecule has 1 amide bonds. The van der Waals surface area contributed by atoms with E-state index in [1.807, 2.05) is 17.5 Å². The molecule has 0 aliphatic heterocycles. The molecule has 1 aromatic heterocycles. The Labute approximate surface area is 140 Å². The summed E-state index contributed by atoms with van der Waals surface area (Å²) in [6.45, 7) is 0. The maximum absolute atomic E-state index is 13.1. The highest BCUT2D eigenvalue weighted by Crippen LogP contribution is 2.44. The zero-order valence-electron chi connectivity index (χ0n) is 13.4. The number of anilines is 1. The highest BCUT2D eigenvalue weighted by Gasteiger charge is 2.43. The lowest BCUT2D eigenvalue weighted by atomic mass is 9.83. The predicted octanol–water partition coefficient (Wildman–Crippen LogP) is 4.22. The third kappa shape index (κ3) is 2.93. The van der Waals surface area contributed by atoms with Crippen molar-refractivity contribution in [1.82, 2.24) is 0 Å². The first-order valence-corrected chi connectivity index (χ1v) is 8.65. The van der Waals surface area contributed by atoms with Crippen LogP contribution in [0.1, 0.15) is 30.6 Å². The van der Waals surface area contributed by atoms with Crippen molar-refractivity contribution in [3.63, 3.8) is 0 Å². The average molecular weight is 331 g/mol. The zero-order chi connectivity index (χ0) is 16.3. The van der Waals surface area contributed by atoms with Gasteiger partial charge in [-0.3, -0.25) is 4.79 Å². The van der Waals surface area contributed by atoms with Gasteiger partial charge in [0.2, 0.25) is 5.91 Å². The van der Waals surface area contributed by atoms with Crippen molar-refractivity contribution >= 4 is 22.9 Å². The molecule has 5 heteroatoms. The van der Waals surface area contributed by atoms with Gasteiger partial charge >= 0.3 is 0 Å². The smallest absolute Gasteiger partial charge is 0.235 e. The van der Waals surface area contributed by atoms with Crippen LogP contribution >= 0.6 is 11.3 Å². The van der Waals surface area contributed by atoms with Gasteiger partial charge in [-0.2, -0.15) is 0 Å². The van der Waals surface area contributed by atoms with Gasteiger partial charge in [0.25, 0.3) is 0 Å². The van der Waals surface area contributed by atoms with Crippen molar-refractivity contribution in [2.75, 3.05) is 19.5 Å². The summed E-state index contributed by atoms with van der Waals surface area (Å²) in [6.07, 6.45) is 3.96. The van der Waals surface area contributed by atoms with Crippen LogP contribution in [0.15, 0.2) is 35.7 Å². The quantitative estimate of drug-likeness (QED) is 0.892. The Morgan fingerprint density at radius 1 is 1.17 bits per heavy atom. The number of carbonyl (C=O) groups excluding carboxylic acids is 1. The van der Waals surface area contributed by atoms with E-state index in [0.717, 1.165) is 30.6 Å². The number of carbonyl (C=O) groups is 1. The Kier molecular flexibility index (Phi) is 4.57. The van der Waals surface area contributed by atoms with E-state index in [0.29, 0.717) is 17.2 Å². The summed E-state index contributed by atoms with van der Waals surface area (Å²) < 4.78 is 10.6. The van der Waals surface area contributed by atoms with Crippen molar-refractivity contribution in [2.45, 2.75) is 31.1 Å². The summed E-state index contributed by atoms with van der Waals surface area (Å²) in [5.74, 6) is 1.38. The number of hydrogen-bond donors (Lipinski definition) is 1. The number of nitrogens with one attached hydrogen (secondary N) is 1. The van der Waals surface area contributed by atoms with E-state index >= 15 is 0 Å². The van der Waals surface area contributed by atoms with Crippen LogP contribution in [-0.4, -0.2) is 20.1 Å². The summed E-state index contributed by atoms with van der Waals surface area (Å²) in [6, 6.07) is 9.51. The third-order valence-electron chi connectivity index (χ3n) is 4.54. The summed E-state index contributed by atoms with van der Waals surface area (Å²) in [4.78, 5) is 14.2. The van der Waals surface area contributed by atoms with Gasteiger partial charge in [0, 0.05) is 10.9 Å². The number of hydrogen-bond acceptors (Lipinski definition) is 4. The molecule has 3 rings (SSSR count). The van der Waals surface area contributed by atoms with Crippen molar-refractivity contribution in [2.24, 2.45) is 0 Å². The molecular formula is C18H21NO3S. The van der Waals surface area contributed by atoms with Gasteiger partial charge < -0.3 is 14.8 Å². The van der Waals surface area contributed by atoms with Crippen molar-refractivity contribution in [3.8, 4) is 11.5 Å². The molecule has 1 N–H and O–H groups in total. The van der Waals surface area contributed by atoms with Crippen LogP contribution in [0.4, 0.5) is 5.69 Å². The van der Waals surface area contributed by atoms with E-state index in [4.69, 9.17) is 9.47 Å². The van der Waals surface area contributed by atoms with E-state index < -0.39 is 5.41 Å². The second-order valence-corrected chi connectivity index (χ2v) is 6.73. The number of amides is 1. The first kappa shape index (κ1) is 15.9. The van der Waals surface area contributed by atoms with Crippen LogP contribution in [0.2, 0.25) is 0 Å². The zero-order valence-corrected chi connectivity index (χ0v) is 14.2. The molecule has 1 aliphatic rings. The molecule has 1 aliphatic carbocycles. The molecule has 2 aromatic rings. The number of ether oxygens (including phenoxy) is 2. The minimum Gasteiger partial charge on any atom is -0.497 e. The summed E-state index contributed by atoms with van der Waals surface area (Å²) in [5.41, 5.74) is 0.238. The van der Waals surface area contributed by atoms with Gasteiger partial charge in [0.05, 0.1) is 25.3 Å². The lowest BCUT2D eigenvalue weighted by Crippen LogP contribution is -2.37. The summed E-state index contributed by atoms with van der Waals surface area (Å²) >= 11 is 1.66. The second-order valence-electron chi connectivity index (χ2n) is 5.79. The molecule has 0 spiro atoms. The Morgan fingerprint density at radius 3 is 2.57 bits per heavy atom. The Hall–Kier alpha value is -2.01. The second kappa shape index (κ2) is 6.62. The minimum absolute atomic E-state index is 0.0454. The van der Waals surface area contributed by atoms with E-state index in [1.54, 1.807) is 37.7 Å². The molecule has 0 atom stereocenters. The Bertz CT molecular complexity index is 676. The van der Waals surface area contributed by atoms with Crippen LogP contribution in [0.3, 0.4) is 0 Å². The van der Waals surface area contributed by atoms with Gasteiger partial charge in [-0.15, -0.1) is 11.3 Å². The molecular weight excluding hydrogens is 310 g/mol. The van der Waals surface area contributed by atoms with E-state index in [1.165, 1.54) is 0 Å². The van der Waals surface area contributed by atoms with Crippen molar-refractivity contribution in [1.29, 1.82) is 0 Å². The van der Waals surface area contributed by atoms with Gasteiger partial charge in [-0.25, -0.2) is 0 Å². The van der Waals surface area contributed by atoms with Crippen LogP contribution in [0.25, 0.3) is 0 Å². The summed E-state index contributed by atoms with van der Waals surface area (Å²) in [7, 11) is 3.21. The molecule has 1 fully saturated rings. The SMILES string of the molecule is COc1ccc(OC)c(NC(=O)C2(c3cccs3)CCCC2)c1. The van der Waals surface area contributed by atoms with E-state index in [2.05, 4.69) is 11.4 Å². The average Bonchev–Trinajstić information content (AvgIpc) is 3.26. The number of methoxy groups -OCH3 is 2. The molecule has 1 heterocycles. The van der Waals surface area contributed by atoms with E-state index in [9.17, 15) is 4.79 Å². The van der Waals surface area contributed by atoms with Crippen molar-refractivity contribution < 1.29 is 14.3 Å². The first-order chi connectivity index (χ1) is 11.2. The topological polar surface area (TPSA) is 47.6 Å². The minimum atomic E-state index is -0.414. The molecule has 0 unspecified atom stereocenters. The maximum Gasteiger partial charge on any atom is 0.235 e. The largest absolute Gasteiger partial charge is 0.497 e. The van der Waals surface area contributed by atoms with Gasteiger partial charge in [0.1, 0.15) is 11.5 Å². The van der Waals surface area contributed by atoms with Gasteiger partial charge in [-0.1, -0.05) is 18.9 Å². The molecule has 122 valence electrons. The Morgan fingerprint density at radius 2 is 1.96 bits per heavy atom. The van der Waals surface area contributed by atoms with Gasteiger partial charge in [0.15, 0.2) is 0 Å². The lowest BCUT2D eigenvalue weighted by molar-refractivity contribution is -0.121. The molecule has 4 nitrogen and oxygen atoms in total. The van der Waals surface area contributed by atoms with Crippen LogP contribution in [-0.2, 0) is 10.2 Å². The molecule has 0 radical (unpaired) electrons. The van der Waals surface area contributed by atoms with Crippen LogP contribution in [0.5, 0.6) is 11.5 Å². The normalized spacial score (nSPS) is 16.1. The van der Waals surface area contributed by atoms with Crippen LogP contribution in [0, 0.1) is 0 Å². The molecule has 23 heavy (non-hydrogen) atoms. The van der Waals surface area contributed by atoms with Gasteiger partial charge in [-0.05, 0) is 36.4 Å². The number of rotatable bonds is 5. The molecule has 0 bridgehead atoms. The highest BCUT2D eigenvalue weighted by atomic mass is 32.1. The fourth-order valence-electron chi connectivity index (χ4n) is 3.27. The van der Waals surface area contributed by atoms with Crippen molar-refractivity contribution in [3.05, 3.63) is 40.6 Å². The Balaban J connectivity index is 1.91. The molecule has 1 aromatic carbocycles. The first-order valence-electron chi connectivity index (χ1n) is 7.77. The van der Waals surface area contributed by atoms with E-state index in [-0.39, 0.29) is 5.91 Å². The standard InChI is InChI=1S/C18H21NO3S/c1-21-13-7-8-15(22-2)14(12-13)19-17(20)18(9-3-4-10-18)16-6-5-11-23-16/h5-8,11-12H,3-4,9-10H2,1-2H3,(H,19,20). The fraction of sp³-hybridized carbons (Fsp3) is 0.389. The monoisotopic (exact) mass is 331 g/mol. The number of benzene rings is 1. The number of thiophene rings is 1. The fourth-order valence-corrected chi connectivity index (χ4v) is 4.25. The summed E-state index contributed by atoms with van der Waals surface area (Å²) in [5, 5.41) is 5.11. The maximum atomic E-state index is 13.1. The molecule has 0 saturated heterocycles. The van der Waals surface area contributed by atoms with Crippen LogP contribution < -0.4 is 14.8 Å². The predicted molar refractivity (Wildman–Crippen MR) is 92.6 cm³/mol.